The first-order chi connectivity index (χ1) is 15.5. The van der Waals surface area contributed by atoms with E-state index in [4.69, 9.17) is 4.74 Å². The summed E-state index contributed by atoms with van der Waals surface area (Å²) in [5.41, 5.74) is 0.0979. The normalized spacial score (nSPS) is 28.4. The fraction of sp³-hybridized carbons (Fsp3) is 0.520. The highest BCUT2D eigenvalue weighted by atomic mass is 19.1. The van der Waals surface area contributed by atoms with E-state index in [1.165, 1.54) is 6.07 Å². The molecule has 1 spiro atoms. The molecule has 1 aromatic heterocycles. The van der Waals surface area contributed by atoms with Gasteiger partial charge in [0.1, 0.15) is 17.3 Å². The summed E-state index contributed by atoms with van der Waals surface area (Å²) in [7, 11) is 0. The van der Waals surface area contributed by atoms with Gasteiger partial charge in [-0.1, -0.05) is 0 Å². The van der Waals surface area contributed by atoms with Gasteiger partial charge >= 0.3 is 0 Å². The number of rotatable bonds is 4. The lowest BCUT2D eigenvalue weighted by Gasteiger charge is -2.41. The second kappa shape index (κ2) is 8.70. The molecular formula is C25H30FN3O3. The number of likely N-dealkylation sites (tertiary alicyclic amines) is 1. The number of aromatic nitrogens is 1. The smallest absolute Gasteiger partial charge is 0.230 e. The molecule has 1 aliphatic carbocycles. The highest BCUT2D eigenvalue weighted by Crippen LogP contribution is 2.44. The maximum absolute atomic E-state index is 15.1. The average Bonchev–Trinajstić information content (AvgIpc) is 3.10. The van der Waals surface area contributed by atoms with Crippen molar-refractivity contribution in [2.45, 2.75) is 57.1 Å². The van der Waals surface area contributed by atoms with Gasteiger partial charge < -0.3 is 19.6 Å². The summed E-state index contributed by atoms with van der Waals surface area (Å²) in [6.45, 7) is 2.07. The Morgan fingerprint density at radius 1 is 1.09 bits per heavy atom. The Morgan fingerprint density at radius 3 is 2.69 bits per heavy atom. The summed E-state index contributed by atoms with van der Waals surface area (Å²) in [6.07, 6.45) is 8.87. The minimum atomic E-state index is -0.425. The van der Waals surface area contributed by atoms with Crippen molar-refractivity contribution < 1.29 is 19.0 Å². The van der Waals surface area contributed by atoms with Crippen molar-refractivity contribution in [2.75, 3.05) is 24.5 Å². The lowest BCUT2D eigenvalue weighted by Crippen LogP contribution is -2.50. The molecule has 6 nitrogen and oxygen atoms in total. The quantitative estimate of drug-likeness (QED) is 0.776. The van der Waals surface area contributed by atoms with Crippen molar-refractivity contribution in [3.63, 3.8) is 0 Å². The van der Waals surface area contributed by atoms with Gasteiger partial charge in [0.15, 0.2) is 0 Å². The van der Waals surface area contributed by atoms with E-state index in [1.807, 2.05) is 4.90 Å². The molecule has 0 radical (unpaired) electrons. The van der Waals surface area contributed by atoms with Crippen LogP contribution in [0.3, 0.4) is 0 Å². The Morgan fingerprint density at radius 2 is 1.94 bits per heavy atom. The van der Waals surface area contributed by atoms with Crippen molar-refractivity contribution >= 4 is 11.6 Å². The molecule has 1 saturated carbocycles. The average molecular weight is 440 g/mol. The maximum atomic E-state index is 15.1. The van der Waals surface area contributed by atoms with Gasteiger partial charge in [0.2, 0.25) is 5.91 Å². The van der Waals surface area contributed by atoms with E-state index < -0.39 is 5.41 Å². The first-order valence-electron chi connectivity index (χ1n) is 11.7. The first-order valence-corrected chi connectivity index (χ1v) is 11.7. The number of carbonyl (C=O) groups is 1. The Kier molecular flexibility index (Phi) is 5.76. The minimum absolute atomic E-state index is 0.223. The molecule has 1 aromatic carbocycles. The van der Waals surface area contributed by atoms with Gasteiger partial charge in [0.05, 0.1) is 23.4 Å². The van der Waals surface area contributed by atoms with Gasteiger partial charge in [-0.25, -0.2) is 4.39 Å². The second-order valence-electron chi connectivity index (χ2n) is 9.42. The summed E-state index contributed by atoms with van der Waals surface area (Å²) in [4.78, 5) is 21.6. The van der Waals surface area contributed by atoms with Crippen LogP contribution in [0.4, 0.5) is 10.1 Å². The van der Waals surface area contributed by atoms with Crippen LogP contribution >= 0.6 is 0 Å². The van der Waals surface area contributed by atoms with Crippen molar-refractivity contribution in [1.82, 2.24) is 9.88 Å². The number of aliphatic hydroxyl groups excluding tert-OH is 1. The minimum Gasteiger partial charge on any atom is -0.456 e. The zero-order valence-corrected chi connectivity index (χ0v) is 18.3. The van der Waals surface area contributed by atoms with E-state index in [1.54, 1.807) is 36.7 Å². The molecule has 3 heterocycles. The molecule has 32 heavy (non-hydrogen) atoms. The van der Waals surface area contributed by atoms with E-state index >= 15 is 4.39 Å². The predicted molar refractivity (Wildman–Crippen MR) is 119 cm³/mol. The van der Waals surface area contributed by atoms with Crippen molar-refractivity contribution in [2.24, 2.45) is 5.41 Å². The molecule has 1 amide bonds. The van der Waals surface area contributed by atoms with Crippen LogP contribution in [0, 0.1) is 11.2 Å². The van der Waals surface area contributed by atoms with Crippen LogP contribution in [0.15, 0.2) is 42.7 Å². The molecule has 2 aromatic rings. The van der Waals surface area contributed by atoms with Crippen LogP contribution in [0.5, 0.6) is 11.5 Å². The molecule has 1 unspecified atom stereocenters. The van der Waals surface area contributed by atoms with Crippen LogP contribution in [0.1, 0.15) is 44.9 Å². The molecular weight excluding hydrogens is 409 g/mol. The monoisotopic (exact) mass is 439 g/mol. The number of nitrogens with zero attached hydrogens (tertiary/aromatic N) is 3. The lowest BCUT2D eigenvalue weighted by molar-refractivity contribution is -0.139. The van der Waals surface area contributed by atoms with Gasteiger partial charge in [0, 0.05) is 37.9 Å². The molecule has 0 bridgehead atoms. The third-order valence-corrected chi connectivity index (χ3v) is 7.36. The summed E-state index contributed by atoms with van der Waals surface area (Å²) < 4.78 is 20.8. The predicted octanol–water partition coefficient (Wildman–Crippen LogP) is 4.14. The second-order valence-corrected chi connectivity index (χ2v) is 9.42. The third-order valence-electron chi connectivity index (χ3n) is 7.36. The number of benzene rings is 1. The molecule has 170 valence electrons. The maximum Gasteiger partial charge on any atom is 0.230 e. The molecule has 1 N–H and O–H groups in total. The molecule has 7 heteroatoms. The number of amides is 1. The largest absolute Gasteiger partial charge is 0.456 e. The number of anilines is 1. The number of hydrogen-bond donors (Lipinski definition) is 1. The van der Waals surface area contributed by atoms with Gasteiger partial charge in [-0.3, -0.25) is 9.78 Å². The fourth-order valence-electron chi connectivity index (χ4n) is 5.63. The van der Waals surface area contributed by atoms with Crippen LogP contribution in [0.25, 0.3) is 0 Å². The molecule has 1 atom stereocenters. The zero-order valence-electron chi connectivity index (χ0n) is 18.3. The molecule has 2 saturated heterocycles. The lowest BCUT2D eigenvalue weighted by atomic mass is 9.78. The van der Waals surface area contributed by atoms with Crippen LogP contribution in [-0.2, 0) is 4.79 Å². The van der Waals surface area contributed by atoms with E-state index in [2.05, 4.69) is 9.88 Å². The SMILES string of the molecule is O=C1N(C2CCC(O)CC2)CCC12CCCN(c1ccc(Oc3cccnc3)cc1F)C2. The number of pyridine rings is 1. The van der Waals surface area contributed by atoms with Crippen molar-refractivity contribution in [3.05, 3.63) is 48.5 Å². The number of aliphatic hydroxyl groups is 1. The van der Waals surface area contributed by atoms with E-state index in [0.29, 0.717) is 23.7 Å². The first kappa shape index (κ1) is 21.2. The number of halogens is 1. The topological polar surface area (TPSA) is 65.9 Å². The van der Waals surface area contributed by atoms with Crippen molar-refractivity contribution in [3.8, 4) is 11.5 Å². The summed E-state index contributed by atoms with van der Waals surface area (Å²) in [5, 5.41) is 9.81. The summed E-state index contributed by atoms with van der Waals surface area (Å²) in [6, 6.07) is 8.70. The number of piperidine rings is 1. The Balaban J connectivity index is 1.29. The fourth-order valence-corrected chi connectivity index (χ4v) is 5.63. The van der Waals surface area contributed by atoms with E-state index in [-0.39, 0.29) is 23.9 Å². The van der Waals surface area contributed by atoms with E-state index in [9.17, 15) is 9.90 Å². The zero-order chi connectivity index (χ0) is 22.1. The van der Waals surface area contributed by atoms with E-state index in [0.717, 1.165) is 58.0 Å². The van der Waals surface area contributed by atoms with Gasteiger partial charge in [-0.15, -0.1) is 0 Å². The van der Waals surface area contributed by atoms with Gasteiger partial charge in [-0.2, -0.15) is 0 Å². The molecule has 5 rings (SSSR count). The molecule has 3 fully saturated rings. The van der Waals surface area contributed by atoms with Crippen LogP contribution in [0.2, 0.25) is 0 Å². The molecule has 3 aliphatic rings. The number of ether oxygens (including phenoxy) is 1. The third kappa shape index (κ3) is 4.06. The highest BCUT2D eigenvalue weighted by Gasteiger charge is 2.50. The molecule has 2 aliphatic heterocycles. The highest BCUT2D eigenvalue weighted by molar-refractivity contribution is 5.86. The Labute approximate surface area is 188 Å². The summed E-state index contributed by atoms with van der Waals surface area (Å²) >= 11 is 0. The standard InChI is InChI=1S/C25H30FN3O3/c26-22-15-20(32-21-3-1-12-27-16-21)8-9-23(22)28-13-2-10-25(17-28)11-14-29(24(25)31)18-4-6-19(30)7-5-18/h1,3,8-9,12,15-16,18-19,30H,2,4-7,10-11,13-14,17H2. The number of hydrogen-bond acceptors (Lipinski definition) is 5. The van der Waals surface area contributed by atoms with Crippen molar-refractivity contribution in [1.29, 1.82) is 0 Å². The van der Waals surface area contributed by atoms with Gasteiger partial charge in [0.25, 0.3) is 0 Å². The number of carbonyl (C=O) groups excluding carboxylic acids is 1. The Hall–Kier alpha value is -2.67. The van der Waals surface area contributed by atoms with Crippen LogP contribution in [-0.4, -0.2) is 52.7 Å². The summed E-state index contributed by atoms with van der Waals surface area (Å²) in [5.74, 6) is 0.865. The van der Waals surface area contributed by atoms with Gasteiger partial charge in [-0.05, 0) is 69.2 Å². The van der Waals surface area contributed by atoms with Crippen LogP contribution < -0.4 is 9.64 Å². The Bertz CT molecular complexity index is 964.